The maximum Gasteiger partial charge on any atom is 0.225 e. The van der Waals surface area contributed by atoms with E-state index in [1.807, 2.05) is 24.5 Å². The molecular weight excluding hydrogens is 396 g/mol. The molecular formula is C26H30N6. The molecule has 0 N–H and O–H groups in total. The second-order valence-corrected chi connectivity index (χ2v) is 9.78. The molecule has 1 atom stereocenters. The number of anilines is 2. The number of nitrogens with zero attached hydrogens (tertiary/aromatic N) is 6. The Morgan fingerprint density at radius 2 is 1.84 bits per heavy atom. The average molecular weight is 427 g/mol. The molecule has 0 aliphatic carbocycles. The summed E-state index contributed by atoms with van der Waals surface area (Å²) < 4.78 is 0. The first-order valence-electron chi connectivity index (χ1n) is 11.6. The summed E-state index contributed by atoms with van der Waals surface area (Å²) in [5.74, 6) is 1.31. The molecule has 4 heterocycles. The summed E-state index contributed by atoms with van der Waals surface area (Å²) in [4.78, 5) is 18.7. The van der Waals surface area contributed by atoms with Crippen LogP contribution in [0.2, 0.25) is 0 Å². The van der Waals surface area contributed by atoms with Crippen molar-refractivity contribution in [2.45, 2.75) is 52.0 Å². The van der Waals surface area contributed by atoms with Gasteiger partial charge in [-0.05, 0) is 67.3 Å². The van der Waals surface area contributed by atoms with Crippen LogP contribution in [0.25, 0.3) is 10.9 Å². The number of pyridine rings is 1. The number of aromatic nitrogens is 3. The highest BCUT2D eigenvalue weighted by atomic mass is 15.3. The van der Waals surface area contributed by atoms with Crippen molar-refractivity contribution in [2.75, 3.05) is 29.4 Å². The molecule has 1 spiro atoms. The monoisotopic (exact) mass is 426 g/mol. The molecule has 3 aromatic rings. The number of nitriles is 1. The molecule has 2 aliphatic heterocycles. The van der Waals surface area contributed by atoms with Crippen LogP contribution in [0.4, 0.5) is 11.6 Å². The Labute approximate surface area is 189 Å². The second kappa shape index (κ2) is 8.05. The van der Waals surface area contributed by atoms with Gasteiger partial charge in [0.1, 0.15) is 6.07 Å². The molecule has 2 saturated heterocycles. The lowest BCUT2D eigenvalue weighted by atomic mass is 9.77. The van der Waals surface area contributed by atoms with Crippen LogP contribution in [0.3, 0.4) is 0 Å². The minimum atomic E-state index is 0.316. The van der Waals surface area contributed by atoms with Crippen molar-refractivity contribution in [2.24, 2.45) is 5.41 Å². The largest absolute Gasteiger partial charge is 0.368 e. The first-order chi connectivity index (χ1) is 15.5. The molecule has 0 bridgehead atoms. The van der Waals surface area contributed by atoms with E-state index in [9.17, 15) is 5.26 Å². The maximum atomic E-state index is 9.49. The smallest absolute Gasteiger partial charge is 0.225 e. The van der Waals surface area contributed by atoms with E-state index in [1.165, 1.54) is 17.7 Å². The highest BCUT2D eigenvalue weighted by Gasteiger charge is 2.44. The Hall–Kier alpha value is -3.20. The molecule has 164 valence electrons. The Balaban J connectivity index is 1.34. The van der Waals surface area contributed by atoms with E-state index < -0.39 is 0 Å². The topological polar surface area (TPSA) is 68.9 Å². The van der Waals surface area contributed by atoms with E-state index in [4.69, 9.17) is 0 Å². The average Bonchev–Trinajstić information content (AvgIpc) is 3.14. The third-order valence-corrected chi connectivity index (χ3v) is 7.37. The zero-order chi connectivity index (χ0) is 22.3. The van der Waals surface area contributed by atoms with Crippen LogP contribution in [-0.2, 0) is 0 Å². The number of rotatable bonds is 3. The molecule has 5 rings (SSSR count). The van der Waals surface area contributed by atoms with Crippen molar-refractivity contribution < 1.29 is 0 Å². The molecule has 6 nitrogen and oxygen atoms in total. The van der Waals surface area contributed by atoms with Crippen molar-refractivity contribution in [3.8, 4) is 6.07 Å². The van der Waals surface area contributed by atoms with Gasteiger partial charge in [0, 0.05) is 55.3 Å². The molecule has 2 fully saturated rings. The third-order valence-electron chi connectivity index (χ3n) is 7.37. The lowest BCUT2D eigenvalue weighted by Crippen LogP contribution is -2.42. The standard InChI is InChI=1S/C26H30N6/c1-18(2)21-15-29-25(30-16-21)31-11-8-26(9-12-31)13-19(3)32(17-26)23-7-6-20(14-27)24-22(23)5-4-10-28-24/h4-7,10,15-16,18-19H,8-9,11-13,17H2,1-3H3. The fourth-order valence-electron chi connectivity index (χ4n) is 5.48. The van der Waals surface area contributed by atoms with Crippen molar-refractivity contribution in [1.29, 1.82) is 5.26 Å². The Bertz CT molecular complexity index is 1160. The van der Waals surface area contributed by atoms with Gasteiger partial charge in [-0.3, -0.25) is 4.98 Å². The SMILES string of the molecule is CC(C)c1cnc(N2CCC3(CC2)CC(C)N(c2ccc(C#N)c4ncccc24)C3)nc1. The Morgan fingerprint density at radius 1 is 1.09 bits per heavy atom. The van der Waals surface area contributed by atoms with Crippen LogP contribution >= 0.6 is 0 Å². The van der Waals surface area contributed by atoms with E-state index in [0.717, 1.165) is 49.3 Å². The summed E-state index contributed by atoms with van der Waals surface area (Å²) in [5.41, 5.74) is 4.15. The minimum Gasteiger partial charge on any atom is -0.368 e. The summed E-state index contributed by atoms with van der Waals surface area (Å²) >= 11 is 0. The van der Waals surface area contributed by atoms with Gasteiger partial charge in [-0.2, -0.15) is 5.26 Å². The van der Waals surface area contributed by atoms with Crippen LogP contribution in [0, 0.1) is 16.7 Å². The lowest BCUT2D eigenvalue weighted by molar-refractivity contribution is 0.244. The molecule has 2 aromatic heterocycles. The van der Waals surface area contributed by atoms with Gasteiger partial charge in [-0.1, -0.05) is 13.8 Å². The van der Waals surface area contributed by atoms with Crippen molar-refractivity contribution in [3.05, 3.63) is 54.0 Å². The van der Waals surface area contributed by atoms with Crippen LogP contribution in [-0.4, -0.2) is 40.6 Å². The summed E-state index contributed by atoms with van der Waals surface area (Å²) in [6, 6.07) is 10.8. The molecule has 0 radical (unpaired) electrons. The highest BCUT2D eigenvalue weighted by Crippen LogP contribution is 2.46. The van der Waals surface area contributed by atoms with Gasteiger partial charge in [0.15, 0.2) is 0 Å². The van der Waals surface area contributed by atoms with Crippen molar-refractivity contribution >= 4 is 22.5 Å². The predicted octanol–water partition coefficient (Wildman–Crippen LogP) is 4.91. The quantitative estimate of drug-likeness (QED) is 0.593. The highest BCUT2D eigenvalue weighted by molar-refractivity contribution is 5.95. The van der Waals surface area contributed by atoms with Gasteiger partial charge in [-0.15, -0.1) is 0 Å². The van der Waals surface area contributed by atoms with E-state index >= 15 is 0 Å². The second-order valence-electron chi connectivity index (χ2n) is 9.78. The zero-order valence-corrected chi connectivity index (χ0v) is 19.1. The van der Waals surface area contributed by atoms with Crippen LogP contribution in [0.15, 0.2) is 42.9 Å². The van der Waals surface area contributed by atoms with Crippen molar-refractivity contribution in [3.63, 3.8) is 0 Å². The summed E-state index contributed by atoms with van der Waals surface area (Å²) in [5, 5.41) is 10.6. The first-order valence-corrected chi connectivity index (χ1v) is 11.6. The maximum absolute atomic E-state index is 9.49. The Kier molecular flexibility index (Phi) is 5.21. The van der Waals surface area contributed by atoms with Gasteiger partial charge < -0.3 is 9.80 Å². The third kappa shape index (κ3) is 3.56. The number of benzene rings is 1. The zero-order valence-electron chi connectivity index (χ0n) is 19.1. The summed E-state index contributed by atoms with van der Waals surface area (Å²) in [7, 11) is 0. The van der Waals surface area contributed by atoms with Crippen LogP contribution in [0.1, 0.15) is 57.1 Å². The first kappa shape index (κ1) is 20.7. The number of hydrogen-bond donors (Lipinski definition) is 0. The minimum absolute atomic E-state index is 0.316. The van der Waals surface area contributed by atoms with Gasteiger partial charge in [0.05, 0.1) is 11.1 Å². The molecule has 0 amide bonds. The van der Waals surface area contributed by atoms with E-state index in [-0.39, 0.29) is 0 Å². The molecule has 1 aromatic carbocycles. The normalized spacial score (nSPS) is 20.3. The van der Waals surface area contributed by atoms with Gasteiger partial charge in [0.2, 0.25) is 5.95 Å². The number of piperidine rings is 1. The molecule has 32 heavy (non-hydrogen) atoms. The molecule has 2 aliphatic rings. The number of fused-ring (bicyclic) bond motifs is 1. The molecule has 0 saturated carbocycles. The number of hydrogen-bond acceptors (Lipinski definition) is 6. The predicted molar refractivity (Wildman–Crippen MR) is 128 cm³/mol. The van der Waals surface area contributed by atoms with Gasteiger partial charge in [-0.25, -0.2) is 9.97 Å². The van der Waals surface area contributed by atoms with E-state index in [1.54, 1.807) is 6.20 Å². The lowest BCUT2D eigenvalue weighted by Gasteiger charge is -2.39. The summed E-state index contributed by atoms with van der Waals surface area (Å²) in [6.07, 6.45) is 9.20. The van der Waals surface area contributed by atoms with Crippen LogP contribution < -0.4 is 9.80 Å². The van der Waals surface area contributed by atoms with E-state index in [0.29, 0.717) is 22.9 Å². The molecule has 6 heteroatoms. The van der Waals surface area contributed by atoms with Crippen molar-refractivity contribution in [1.82, 2.24) is 15.0 Å². The summed E-state index contributed by atoms with van der Waals surface area (Å²) in [6.45, 7) is 9.71. The fraction of sp³-hybridized carbons (Fsp3) is 0.462. The fourth-order valence-corrected chi connectivity index (χ4v) is 5.48. The molecule has 1 unspecified atom stereocenters. The van der Waals surface area contributed by atoms with Crippen LogP contribution in [0.5, 0.6) is 0 Å². The van der Waals surface area contributed by atoms with Gasteiger partial charge >= 0.3 is 0 Å². The Morgan fingerprint density at radius 3 is 2.53 bits per heavy atom. The van der Waals surface area contributed by atoms with Gasteiger partial charge in [0.25, 0.3) is 0 Å². The van der Waals surface area contributed by atoms with E-state index in [2.05, 4.69) is 63.7 Å².